The Hall–Kier alpha value is -2.58. The summed E-state index contributed by atoms with van der Waals surface area (Å²) in [6.45, 7) is 4.72. The summed E-state index contributed by atoms with van der Waals surface area (Å²) in [5.41, 5.74) is -0.394. The van der Waals surface area contributed by atoms with Gasteiger partial charge in [-0.2, -0.15) is 13.2 Å². The number of benzene rings is 1. The second kappa shape index (κ2) is 9.38. The summed E-state index contributed by atoms with van der Waals surface area (Å²) in [4.78, 5) is 35.7. The molecule has 9 heteroatoms. The molecule has 0 aliphatic carbocycles. The molecule has 1 aromatic carbocycles. The molecule has 0 radical (unpaired) electrons. The summed E-state index contributed by atoms with van der Waals surface area (Å²) >= 11 is 0. The minimum absolute atomic E-state index is 0.0541. The maximum Gasteiger partial charge on any atom is 0.416 e. The Kier molecular flexibility index (Phi) is 7.81. The quantitative estimate of drug-likeness (QED) is 0.701. The van der Waals surface area contributed by atoms with Crippen LogP contribution in [0.25, 0.3) is 0 Å². The molecule has 0 aromatic heterocycles. The summed E-state index contributed by atoms with van der Waals surface area (Å²) in [5, 5.41) is 5.00. The number of halogens is 3. The van der Waals surface area contributed by atoms with E-state index in [2.05, 4.69) is 15.4 Å². The molecule has 2 amide bonds. The molecule has 0 fully saturated rings. The highest BCUT2D eigenvalue weighted by atomic mass is 19.4. The van der Waals surface area contributed by atoms with Crippen LogP contribution in [-0.2, 0) is 31.7 Å². The van der Waals surface area contributed by atoms with Gasteiger partial charge in [-0.25, -0.2) is 4.79 Å². The summed E-state index contributed by atoms with van der Waals surface area (Å²) < 4.78 is 42.6. The van der Waals surface area contributed by atoms with Gasteiger partial charge in [-0.1, -0.05) is 26.0 Å². The van der Waals surface area contributed by atoms with E-state index >= 15 is 0 Å². The molecule has 27 heavy (non-hydrogen) atoms. The topological polar surface area (TPSA) is 84.5 Å². The number of ether oxygens (including phenoxy) is 1. The number of alkyl halides is 3. The summed E-state index contributed by atoms with van der Waals surface area (Å²) in [6, 6.07) is 2.31. The fraction of sp³-hybridized carbons (Fsp3) is 0.500. The maximum atomic E-state index is 12.6. The predicted octanol–water partition coefficient (Wildman–Crippen LogP) is 2.07. The molecule has 2 atom stereocenters. The Morgan fingerprint density at radius 3 is 2.04 bits per heavy atom. The molecule has 150 valence electrons. The average Bonchev–Trinajstić information content (AvgIpc) is 2.57. The van der Waals surface area contributed by atoms with Crippen molar-refractivity contribution in [2.45, 2.75) is 45.5 Å². The number of carbonyl (C=O) groups excluding carboxylic acids is 3. The van der Waals surface area contributed by atoms with Gasteiger partial charge in [-0.05, 0) is 23.6 Å². The van der Waals surface area contributed by atoms with Crippen LogP contribution in [-0.4, -0.2) is 37.0 Å². The van der Waals surface area contributed by atoms with Crippen molar-refractivity contribution in [2.75, 3.05) is 7.11 Å². The zero-order valence-electron chi connectivity index (χ0n) is 15.5. The number of esters is 1. The van der Waals surface area contributed by atoms with Crippen molar-refractivity contribution in [1.82, 2.24) is 10.6 Å². The van der Waals surface area contributed by atoms with E-state index in [9.17, 15) is 27.6 Å². The molecule has 0 saturated heterocycles. The van der Waals surface area contributed by atoms with E-state index in [1.807, 2.05) is 0 Å². The van der Waals surface area contributed by atoms with Crippen LogP contribution >= 0.6 is 0 Å². The third kappa shape index (κ3) is 6.92. The zero-order valence-corrected chi connectivity index (χ0v) is 15.5. The summed E-state index contributed by atoms with van der Waals surface area (Å²) in [7, 11) is 1.14. The van der Waals surface area contributed by atoms with Crippen molar-refractivity contribution >= 4 is 17.8 Å². The van der Waals surface area contributed by atoms with E-state index < -0.39 is 41.6 Å². The third-order valence-electron chi connectivity index (χ3n) is 3.83. The molecule has 0 unspecified atom stereocenters. The highest BCUT2D eigenvalue weighted by Crippen LogP contribution is 2.29. The second-order valence-corrected chi connectivity index (χ2v) is 6.41. The molecule has 0 aliphatic rings. The van der Waals surface area contributed by atoms with E-state index in [1.54, 1.807) is 13.8 Å². The number of hydrogen-bond donors (Lipinski definition) is 2. The molecule has 0 spiro atoms. The lowest BCUT2D eigenvalue weighted by atomic mass is 10.0. The number of nitrogens with one attached hydrogen (secondary N) is 2. The molecular weight excluding hydrogens is 365 g/mol. The van der Waals surface area contributed by atoms with Crippen molar-refractivity contribution in [1.29, 1.82) is 0 Å². The number of methoxy groups -OCH3 is 1. The van der Waals surface area contributed by atoms with E-state index in [1.165, 1.54) is 19.1 Å². The first kappa shape index (κ1) is 22.5. The maximum absolute atomic E-state index is 12.6. The van der Waals surface area contributed by atoms with Crippen molar-refractivity contribution in [3.63, 3.8) is 0 Å². The Labute approximate surface area is 155 Å². The second-order valence-electron chi connectivity index (χ2n) is 6.41. The van der Waals surface area contributed by atoms with Gasteiger partial charge in [0.2, 0.25) is 11.8 Å². The minimum atomic E-state index is -4.46. The fourth-order valence-electron chi connectivity index (χ4n) is 2.42. The Morgan fingerprint density at radius 1 is 1.07 bits per heavy atom. The van der Waals surface area contributed by atoms with Gasteiger partial charge < -0.3 is 15.4 Å². The van der Waals surface area contributed by atoms with Crippen LogP contribution in [0.4, 0.5) is 13.2 Å². The Morgan fingerprint density at radius 2 is 1.63 bits per heavy atom. The van der Waals surface area contributed by atoms with Crippen LogP contribution in [0.15, 0.2) is 24.3 Å². The van der Waals surface area contributed by atoms with Gasteiger partial charge in [0.1, 0.15) is 12.1 Å². The lowest BCUT2D eigenvalue weighted by Gasteiger charge is -2.24. The molecule has 1 aromatic rings. The van der Waals surface area contributed by atoms with Gasteiger partial charge in [-0.3, -0.25) is 9.59 Å². The number of hydrogen-bond acceptors (Lipinski definition) is 4. The first-order valence-electron chi connectivity index (χ1n) is 8.27. The number of amides is 2. The highest BCUT2D eigenvalue weighted by molar-refractivity contribution is 5.90. The number of rotatable bonds is 7. The standard InChI is InChI=1S/C18H23F3N2O4/c1-10(2)15(22-11(3)24)16(25)23-14(17(26)27-4)9-12-5-7-13(8-6-12)18(19,20)21/h5-8,10,14-15H,9H2,1-4H3,(H,22,24)(H,23,25)/t14-,15-/m1/s1. The summed E-state index contributed by atoms with van der Waals surface area (Å²) in [6.07, 6.45) is -4.52. The van der Waals surface area contributed by atoms with Gasteiger partial charge in [0.25, 0.3) is 0 Å². The zero-order chi connectivity index (χ0) is 20.8. The van der Waals surface area contributed by atoms with Crippen LogP contribution < -0.4 is 10.6 Å². The molecule has 1 rings (SSSR count). The normalized spacial score (nSPS) is 13.6. The van der Waals surface area contributed by atoms with Crippen LogP contribution in [0.3, 0.4) is 0 Å². The smallest absolute Gasteiger partial charge is 0.416 e. The minimum Gasteiger partial charge on any atom is -0.467 e. The SMILES string of the molecule is COC(=O)[C@@H](Cc1ccc(C(F)(F)F)cc1)NC(=O)[C@H](NC(C)=O)C(C)C. The lowest BCUT2D eigenvalue weighted by Crippen LogP contribution is -2.54. The average molecular weight is 388 g/mol. The van der Waals surface area contributed by atoms with Crippen LogP contribution in [0.5, 0.6) is 0 Å². The van der Waals surface area contributed by atoms with Crippen LogP contribution in [0, 0.1) is 5.92 Å². The molecular formula is C18H23F3N2O4. The first-order valence-corrected chi connectivity index (χ1v) is 8.27. The largest absolute Gasteiger partial charge is 0.467 e. The van der Waals surface area contributed by atoms with E-state index in [4.69, 9.17) is 0 Å². The van der Waals surface area contributed by atoms with Crippen LogP contribution in [0.2, 0.25) is 0 Å². The molecule has 2 N–H and O–H groups in total. The van der Waals surface area contributed by atoms with Crippen molar-refractivity contribution in [2.24, 2.45) is 5.92 Å². The molecule has 0 heterocycles. The van der Waals surface area contributed by atoms with Crippen molar-refractivity contribution in [3.8, 4) is 0 Å². The van der Waals surface area contributed by atoms with Gasteiger partial charge in [0, 0.05) is 13.3 Å². The van der Waals surface area contributed by atoms with E-state index in [-0.39, 0.29) is 12.3 Å². The third-order valence-corrected chi connectivity index (χ3v) is 3.83. The highest BCUT2D eigenvalue weighted by Gasteiger charge is 2.31. The molecule has 0 bridgehead atoms. The van der Waals surface area contributed by atoms with Gasteiger partial charge in [0.15, 0.2) is 0 Å². The van der Waals surface area contributed by atoms with Gasteiger partial charge in [-0.15, -0.1) is 0 Å². The summed E-state index contributed by atoms with van der Waals surface area (Å²) in [5.74, 6) is -1.96. The van der Waals surface area contributed by atoms with Gasteiger partial charge >= 0.3 is 12.1 Å². The molecule has 0 aliphatic heterocycles. The lowest BCUT2D eigenvalue weighted by molar-refractivity contribution is -0.145. The Bertz CT molecular complexity index is 672. The van der Waals surface area contributed by atoms with Crippen molar-refractivity contribution in [3.05, 3.63) is 35.4 Å². The van der Waals surface area contributed by atoms with E-state index in [0.717, 1.165) is 19.2 Å². The molecule has 0 saturated carbocycles. The fourth-order valence-corrected chi connectivity index (χ4v) is 2.42. The first-order chi connectivity index (χ1) is 12.5. The Balaban J connectivity index is 2.94. The van der Waals surface area contributed by atoms with Gasteiger partial charge in [0.05, 0.1) is 12.7 Å². The van der Waals surface area contributed by atoms with Crippen molar-refractivity contribution < 1.29 is 32.3 Å². The van der Waals surface area contributed by atoms with Crippen LogP contribution in [0.1, 0.15) is 31.9 Å². The predicted molar refractivity (Wildman–Crippen MR) is 91.5 cm³/mol. The molecule has 6 nitrogen and oxygen atoms in total. The number of carbonyl (C=O) groups is 3. The monoisotopic (exact) mass is 388 g/mol. The van der Waals surface area contributed by atoms with E-state index in [0.29, 0.717) is 5.56 Å².